The summed E-state index contributed by atoms with van der Waals surface area (Å²) in [4.78, 5) is 2.04. The third-order valence-electron chi connectivity index (χ3n) is 4.11. The summed E-state index contributed by atoms with van der Waals surface area (Å²) in [5.41, 5.74) is 0.779. The number of aliphatic hydroxyl groups is 1. The molecule has 2 unspecified atom stereocenters. The van der Waals surface area contributed by atoms with Crippen LogP contribution in [0.1, 0.15) is 11.7 Å². The van der Waals surface area contributed by atoms with Gasteiger partial charge in [0.05, 0.1) is 12.7 Å². The molecule has 0 spiro atoms. The van der Waals surface area contributed by atoms with E-state index in [0.717, 1.165) is 5.56 Å². The lowest BCUT2D eigenvalue weighted by molar-refractivity contribution is -0.0461. The van der Waals surface area contributed by atoms with Crippen molar-refractivity contribution in [3.8, 4) is 5.75 Å². The van der Waals surface area contributed by atoms with Crippen molar-refractivity contribution in [2.24, 2.45) is 0 Å². The Balaban J connectivity index is 1.51. The van der Waals surface area contributed by atoms with Crippen molar-refractivity contribution in [2.75, 3.05) is 32.8 Å². The second-order valence-electron chi connectivity index (χ2n) is 6.07. The van der Waals surface area contributed by atoms with Gasteiger partial charge in [0.1, 0.15) is 18.5 Å². The Morgan fingerprint density at radius 1 is 1.20 bits per heavy atom. The van der Waals surface area contributed by atoms with E-state index in [0.29, 0.717) is 26.2 Å². The highest BCUT2D eigenvalue weighted by Gasteiger charge is 2.24. The highest BCUT2D eigenvalue weighted by Crippen LogP contribution is 2.23. The number of benzene rings is 2. The average Bonchev–Trinajstić information content (AvgIpc) is 2.61. The second kappa shape index (κ2) is 8.38. The van der Waals surface area contributed by atoms with E-state index in [1.165, 1.54) is 24.3 Å². The van der Waals surface area contributed by atoms with Crippen LogP contribution < -0.4 is 4.74 Å². The van der Waals surface area contributed by atoms with Gasteiger partial charge in [-0.15, -0.1) is 0 Å². The molecule has 2 aromatic carbocycles. The van der Waals surface area contributed by atoms with E-state index in [4.69, 9.17) is 9.47 Å². The lowest BCUT2D eigenvalue weighted by atomic mass is 10.1. The molecule has 3 rings (SSSR count). The Morgan fingerprint density at radius 3 is 2.84 bits per heavy atom. The molecule has 0 bridgehead atoms. The standard InChI is InChI=1S/C19H21F2NO3/c20-15-5-3-4-14(10-15)19-12-22(8-9-24-19)11-16(23)13-25-18-7-2-1-6-17(18)21/h1-7,10,16,19,23H,8-9,11-13H2. The maximum Gasteiger partial charge on any atom is 0.165 e. The minimum absolute atomic E-state index is 0.00290. The predicted octanol–water partition coefficient (Wildman–Crippen LogP) is 2.78. The van der Waals surface area contributed by atoms with Crippen LogP contribution in [-0.2, 0) is 4.74 Å². The van der Waals surface area contributed by atoms with Crippen LogP contribution in [0.3, 0.4) is 0 Å². The van der Waals surface area contributed by atoms with Crippen molar-refractivity contribution in [1.29, 1.82) is 0 Å². The summed E-state index contributed by atoms with van der Waals surface area (Å²) in [6.45, 7) is 2.11. The van der Waals surface area contributed by atoms with Gasteiger partial charge in [0.15, 0.2) is 11.6 Å². The van der Waals surface area contributed by atoms with Crippen LogP contribution in [-0.4, -0.2) is 49.0 Å². The van der Waals surface area contributed by atoms with Crippen molar-refractivity contribution in [3.63, 3.8) is 0 Å². The van der Waals surface area contributed by atoms with Gasteiger partial charge in [-0.3, -0.25) is 4.90 Å². The molecule has 0 radical (unpaired) electrons. The minimum Gasteiger partial charge on any atom is -0.488 e. The smallest absolute Gasteiger partial charge is 0.165 e. The van der Waals surface area contributed by atoms with Crippen LogP contribution >= 0.6 is 0 Å². The number of aliphatic hydroxyl groups excluding tert-OH is 1. The molecule has 0 aromatic heterocycles. The SMILES string of the molecule is OC(COc1ccccc1F)CN1CCOC(c2cccc(F)c2)C1. The Labute approximate surface area is 145 Å². The molecular formula is C19H21F2NO3. The zero-order valence-electron chi connectivity index (χ0n) is 13.8. The van der Waals surface area contributed by atoms with Gasteiger partial charge in [-0.2, -0.15) is 0 Å². The number of nitrogens with zero attached hydrogens (tertiary/aromatic N) is 1. The number of ether oxygens (including phenoxy) is 2. The molecule has 4 nitrogen and oxygen atoms in total. The lowest BCUT2D eigenvalue weighted by Gasteiger charge is -2.34. The van der Waals surface area contributed by atoms with Crippen LogP contribution in [0.5, 0.6) is 5.75 Å². The van der Waals surface area contributed by atoms with Crippen LogP contribution in [0.4, 0.5) is 8.78 Å². The molecule has 6 heteroatoms. The molecular weight excluding hydrogens is 328 g/mol. The van der Waals surface area contributed by atoms with E-state index < -0.39 is 11.9 Å². The molecule has 1 aliphatic heterocycles. The summed E-state index contributed by atoms with van der Waals surface area (Å²) >= 11 is 0. The largest absolute Gasteiger partial charge is 0.488 e. The summed E-state index contributed by atoms with van der Waals surface area (Å²) in [6, 6.07) is 12.4. The second-order valence-corrected chi connectivity index (χ2v) is 6.07. The molecule has 0 aliphatic carbocycles. The highest BCUT2D eigenvalue weighted by atomic mass is 19.1. The number of para-hydroxylation sites is 1. The zero-order valence-corrected chi connectivity index (χ0v) is 13.8. The molecule has 1 aliphatic rings. The zero-order chi connectivity index (χ0) is 17.6. The molecule has 2 aromatic rings. The van der Waals surface area contributed by atoms with E-state index in [9.17, 15) is 13.9 Å². The van der Waals surface area contributed by atoms with Gasteiger partial charge in [0.2, 0.25) is 0 Å². The van der Waals surface area contributed by atoms with Crippen molar-refractivity contribution in [1.82, 2.24) is 4.90 Å². The number of hydrogen-bond acceptors (Lipinski definition) is 4. The molecule has 0 amide bonds. The topological polar surface area (TPSA) is 41.9 Å². The predicted molar refractivity (Wildman–Crippen MR) is 89.4 cm³/mol. The number of hydrogen-bond donors (Lipinski definition) is 1. The van der Waals surface area contributed by atoms with Gasteiger partial charge in [-0.05, 0) is 29.8 Å². The van der Waals surface area contributed by atoms with Gasteiger partial charge in [-0.25, -0.2) is 8.78 Å². The summed E-state index contributed by atoms with van der Waals surface area (Å²) in [5, 5.41) is 10.2. The van der Waals surface area contributed by atoms with Gasteiger partial charge >= 0.3 is 0 Å². The summed E-state index contributed by atoms with van der Waals surface area (Å²) in [7, 11) is 0. The molecule has 1 saturated heterocycles. The number of β-amino-alcohol motifs (C(OH)–C–C–N with tert-alkyl or cyclic N) is 1. The van der Waals surface area contributed by atoms with E-state index in [1.54, 1.807) is 18.2 Å². The first-order valence-electron chi connectivity index (χ1n) is 8.26. The Kier molecular flexibility index (Phi) is 5.96. The maximum absolute atomic E-state index is 13.5. The summed E-state index contributed by atoms with van der Waals surface area (Å²) in [5.74, 6) is -0.620. The summed E-state index contributed by atoms with van der Waals surface area (Å²) in [6.07, 6.45) is -0.991. The molecule has 1 N–H and O–H groups in total. The fourth-order valence-corrected chi connectivity index (χ4v) is 2.88. The van der Waals surface area contributed by atoms with Crippen LogP contribution in [0.15, 0.2) is 48.5 Å². The van der Waals surface area contributed by atoms with Crippen molar-refractivity contribution in [3.05, 3.63) is 65.7 Å². The monoisotopic (exact) mass is 349 g/mol. The van der Waals surface area contributed by atoms with E-state index in [1.807, 2.05) is 11.0 Å². The highest BCUT2D eigenvalue weighted by molar-refractivity contribution is 5.23. The third kappa shape index (κ3) is 4.98. The van der Waals surface area contributed by atoms with Gasteiger partial charge in [0.25, 0.3) is 0 Å². The normalized spacial score (nSPS) is 19.6. The fraction of sp³-hybridized carbons (Fsp3) is 0.368. The van der Waals surface area contributed by atoms with E-state index in [-0.39, 0.29) is 24.3 Å². The average molecular weight is 349 g/mol. The fourth-order valence-electron chi connectivity index (χ4n) is 2.88. The lowest BCUT2D eigenvalue weighted by Crippen LogP contribution is -2.43. The Morgan fingerprint density at radius 2 is 2.04 bits per heavy atom. The van der Waals surface area contributed by atoms with Gasteiger partial charge < -0.3 is 14.6 Å². The van der Waals surface area contributed by atoms with Gasteiger partial charge in [0, 0.05) is 19.6 Å². The number of morpholine rings is 1. The van der Waals surface area contributed by atoms with Crippen molar-refractivity contribution in [2.45, 2.75) is 12.2 Å². The molecule has 2 atom stereocenters. The Hall–Kier alpha value is -2.02. The Bertz CT molecular complexity index is 698. The van der Waals surface area contributed by atoms with Crippen LogP contribution in [0.2, 0.25) is 0 Å². The third-order valence-corrected chi connectivity index (χ3v) is 4.11. The molecule has 1 heterocycles. The van der Waals surface area contributed by atoms with Gasteiger partial charge in [-0.1, -0.05) is 24.3 Å². The first-order valence-corrected chi connectivity index (χ1v) is 8.26. The summed E-state index contributed by atoms with van der Waals surface area (Å²) < 4.78 is 37.9. The first kappa shape index (κ1) is 17.8. The number of rotatable bonds is 6. The molecule has 134 valence electrons. The van der Waals surface area contributed by atoms with Crippen LogP contribution in [0, 0.1) is 11.6 Å². The van der Waals surface area contributed by atoms with E-state index >= 15 is 0 Å². The van der Waals surface area contributed by atoms with Crippen molar-refractivity contribution < 1.29 is 23.4 Å². The van der Waals surface area contributed by atoms with Crippen LogP contribution in [0.25, 0.3) is 0 Å². The van der Waals surface area contributed by atoms with E-state index in [2.05, 4.69) is 0 Å². The van der Waals surface area contributed by atoms with Crippen molar-refractivity contribution >= 4 is 0 Å². The molecule has 25 heavy (non-hydrogen) atoms. The number of halogens is 2. The maximum atomic E-state index is 13.5. The molecule has 0 saturated carbocycles. The minimum atomic E-state index is -0.758. The quantitative estimate of drug-likeness (QED) is 0.871. The first-order chi connectivity index (χ1) is 12.1. The molecule has 1 fully saturated rings.